The van der Waals surface area contributed by atoms with Gasteiger partial charge in [-0.2, -0.15) is 0 Å². The lowest BCUT2D eigenvalue weighted by molar-refractivity contribution is -0.152. The van der Waals surface area contributed by atoms with Gasteiger partial charge in [0.2, 0.25) is 0 Å². The molecule has 7 heteroatoms. The fourth-order valence-electron chi connectivity index (χ4n) is 2.96. The van der Waals surface area contributed by atoms with E-state index in [-0.39, 0.29) is 40.2 Å². The highest BCUT2D eigenvalue weighted by molar-refractivity contribution is 6.10. The summed E-state index contributed by atoms with van der Waals surface area (Å²) in [6.07, 6.45) is 0. The summed E-state index contributed by atoms with van der Waals surface area (Å²) in [5, 5.41) is 0. The van der Waals surface area contributed by atoms with Crippen LogP contribution in [-0.4, -0.2) is 40.2 Å². The van der Waals surface area contributed by atoms with Gasteiger partial charge in [-0.05, 0) is 55.4 Å². The molecule has 0 aromatic heterocycles. The molecule has 0 spiro atoms. The molecule has 168 valence electrons. The van der Waals surface area contributed by atoms with Gasteiger partial charge in [0.05, 0.1) is 10.8 Å². The van der Waals surface area contributed by atoms with E-state index in [9.17, 15) is 28.8 Å². The fourth-order valence-corrected chi connectivity index (χ4v) is 2.96. The van der Waals surface area contributed by atoms with Crippen LogP contribution in [0.25, 0.3) is 0 Å². The third-order valence-electron chi connectivity index (χ3n) is 7.08. The molecule has 0 heterocycles. The smallest absolute Gasteiger partial charge is 0.144 e. The SMILES string of the molecule is CC(=O)C(C)(C)C(C)(C(C)=O)C(C)=O.CC(=O)C(C)(C)C(C)(C(C)=O)C(C)=O.O. The maximum Gasteiger partial charge on any atom is 0.144 e. The zero-order valence-corrected chi connectivity index (χ0v) is 19.9. The van der Waals surface area contributed by atoms with E-state index in [1.54, 1.807) is 41.5 Å². The third-order valence-corrected chi connectivity index (χ3v) is 7.08. The maximum absolute atomic E-state index is 11.5. The first-order chi connectivity index (χ1) is 12.2. The summed E-state index contributed by atoms with van der Waals surface area (Å²) in [6.45, 7) is 17.9. The van der Waals surface area contributed by atoms with Crippen molar-refractivity contribution in [3.63, 3.8) is 0 Å². The molecule has 0 unspecified atom stereocenters. The Hall–Kier alpha value is -2.02. The first kappa shape index (κ1) is 31.7. The minimum absolute atomic E-state index is 0. The Morgan fingerprint density at radius 1 is 0.379 bits per heavy atom. The van der Waals surface area contributed by atoms with Crippen LogP contribution >= 0.6 is 0 Å². The first-order valence-electron chi connectivity index (χ1n) is 9.22. The molecule has 2 N–H and O–H groups in total. The minimum atomic E-state index is -1.21. The van der Waals surface area contributed by atoms with Gasteiger partial charge in [0, 0.05) is 10.8 Å². The van der Waals surface area contributed by atoms with E-state index in [4.69, 9.17) is 0 Å². The van der Waals surface area contributed by atoms with E-state index in [1.165, 1.54) is 41.5 Å². The van der Waals surface area contributed by atoms with E-state index in [0.29, 0.717) is 0 Å². The van der Waals surface area contributed by atoms with Crippen molar-refractivity contribution < 1.29 is 34.2 Å². The number of hydrogen-bond donors (Lipinski definition) is 0. The molecular formula is C22H38O7. The molecule has 0 aliphatic rings. The summed E-state index contributed by atoms with van der Waals surface area (Å²) in [5.74, 6) is -1.33. The molecule has 0 saturated heterocycles. The van der Waals surface area contributed by atoms with Crippen LogP contribution in [0.5, 0.6) is 0 Å². The predicted octanol–water partition coefficient (Wildman–Crippen LogP) is 2.75. The number of hydrogen-bond acceptors (Lipinski definition) is 6. The number of rotatable bonds is 8. The van der Waals surface area contributed by atoms with E-state index in [1.807, 2.05) is 0 Å². The van der Waals surface area contributed by atoms with E-state index < -0.39 is 21.7 Å². The van der Waals surface area contributed by atoms with E-state index in [0.717, 1.165) is 0 Å². The normalized spacial score (nSPS) is 12.0. The zero-order chi connectivity index (χ0) is 23.5. The monoisotopic (exact) mass is 414 g/mol. The van der Waals surface area contributed by atoms with Crippen molar-refractivity contribution in [1.29, 1.82) is 0 Å². The lowest BCUT2D eigenvalue weighted by atomic mass is 9.60. The summed E-state index contributed by atoms with van der Waals surface area (Å²) in [4.78, 5) is 68.8. The van der Waals surface area contributed by atoms with Crippen molar-refractivity contribution in [2.75, 3.05) is 0 Å². The van der Waals surface area contributed by atoms with Crippen LogP contribution in [0.2, 0.25) is 0 Å². The molecule has 0 aliphatic carbocycles. The molecule has 0 saturated carbocycles. The lowest BCUT2D eigenvalue weighted by Crippen LogP contribution is -2.50. The largest absolute Gasteiger partial charge is 0.412 e. The van der Waals surface area contributed by atoms with Crippen LogP contribution in [-0.2, 0) is 28.8 Å². The van der Waals surface area contributed by atoms with Gasteiger partial charge in [0.25, 0.3) is 0 Å². The highest BCUT2D eigenvalue weighted by atomic mass is 16.2. The molecule has 0 aromatic rings. The van der Waals surface area contributed by atoms with Crippen molar-refractivity contribution in [2.24, 2.45) is 21.7 Å². The van der Waals surface area contributed by atoms with Gasteiger partial charge < -0.3 is 5.48 Å². The fraction of sp³-hybridized carbons (Fsp3) is 0.727. The van der Waals surface area contributed by atoms with Crippen LogP contribution in [0.4, 0.5) is 0 Å². The molecular weight excluding hydrogens is 376 g/mol. The lowest BCUT2D eigenvalue weighted by Gasteiger charge is -2.38. The predicted molar refractivity (Wildman–Crippen MR) is 111 cm³/mol. The van der Waals surface area contributed by atoms with Crippen LogP contribution in [0.1, 0.15) is 83.1 Å². The Kier molecular flexibility index (Phi) is 11.1. The van der Waals surface area contributed by atoms with Crippen molar-refractivity contribution in [3.8, 4) is 0 Å². The van der Waals surface area contributed by atoms with Crippen molar-refractivity contribution in [1.82, 2.24) is 0 Å². The Balaban J connectivity index is -0.000000451. The van der Waals surface area contributed by atoms with Gasteiger partial charge in [-0.1, -0.05) is 27.7 Å². The molecule has 0 fully saturated rings. The second kappa shape index (κ2) is 10.1. The summed E-state index contributed by atoms with van der Waals surface area (Å²) >= 11 is 0. The molecule has 0 rings (SSSR count). The molecule has 0 bridgehead atoms. The van der Waals surface area contributed by atoms with E-state index >= 15 is 0 Å². The van der Waals surface area contributed by atoms with Crippen molar-refractivity contribution in [3.05, 3.63) is 0 Å². The Morgan fingerprint density at radius 3 is 0.552 bits per heavy atom. The molecule has 0 aromatic carbocycles. The number of Topliss-reactive ketones (excluding diaryl/α,β-unsaturated/α-hetero) is 6. The average Bonchev–Trinajstić information content (AvgIpc) is 2.51. The quantitative estimate of drug-likeness (QED) is 0.561. The number of carbonyl (C=O) groups is 6. The van der Waals surface area contributed by atoms with Crippen LogP contribution in [0, 0.1) is 21.7 Å². The van der Waals surface area contributed by atoms with Gasteiger partial charge in [-0.3, -0.25) is 28.8 Å². The van der Waals surface area contributed by atoms with Gasteiger partial charge in [-0.25, -0.2) is 0 Å². The maximum atomic E-state index is 11.5. The minimum Gasteiger partial charge on any atom is -0.412 e. The standard InChI is InChI=1S/2C11H18O3.H2O/c2*1-7(12)10(4,5)11(6,8(2)13)9(3)14;/h2*1-6H3;1H2. The third kappa shape index (κ3) is 5.53. The van der Waals surface area contributed by atoms with E-state index in [2.05, 4.69) is 0 Å². The first-order valence-corrected chi connectivity index (χ1v) is 9.22. The van der Waals surface area contributed by atoms with Gasteiger partial charge >= 0.3 is 0 Å². The number of carbonyl (C=O) groups excluding carboxylic acids is 6. The summed E-state index contributed by atoms with van der Waals surface area (Å²) in [5.41, 5.74) is -4.30. The summed E-state index contributed by atoms with van der Waals surface area (Å²) in [7, 11) is 0. The van der Waals surface area contributed by atoms with Crippen molar-refractivity contribution in [2.45, 2.75) is 83.1 Å². The average molecular weight is 415 g/mol. The molecule has 0 radical (unpaired) electrons. The van der Waals surface area contributed by atoms with Gasteiger partial charge in [0.1, 0.15) is 34.7 Å². The topological polar surface area (TPSA) is 134 Å². The Morgan fingerprint density at radius 2 is 0.517 bits per heavy atom. The summed E-state index contributed by atoms with van der Waals surface area (Å²) in [6, 6.07) is 0. The van der Waals surface area contributed by atoms with Gasteiger partial charge in [0.15, 0.2) is 0 Å². The summed E-state index contributed by atoms with van der Waals surface area (Å²) < 4.78 is 0. The zero-order valence-electron chi connectivity index (χ0n) is 19.9. The van der Waals surface area contributed by atoms with Crippen LogP contribution in [0.15, 0.2) is 0 Å². The molecule has 29 heavy (non-hydrogen) atoms. The highest BCUT2D eigenvalue weighted by Crippen LogP contribution is 2.42. The molecule has 0 atom stereocenters. The second-order valence-electron chi connectivity index (χ2n) is 8.84. The molecule has 0 amide bonds. The van der Waals surface area contributed by atoms with Crippen molar-refractivity contribution >= 4 is 34.7 Å². The molecule has 7 nitrogen and oxygen atoms in total. The van der Waals surface area contributed by atoms with Crippen LogP contribution < -0.4 is 0 Å². The highest BCUT2D eigenvalue weighted by Gasteiger charge is 2.52. The number of ketones is 6. The van der Waals surface area contributed by atoms with Gasteiger partial charge in [-0.15, -0.1) is 0 Å². The Labute approximate surface area is 174 Å². The Bertz CT molecular complexity index is 608. The molecule has 0 aliphatic heterocycles. The van der Waals surface area contributed by atoms with Crippen LogP contribution in [0.3, 0.4) is 0 Å². The second-order valence-corrected chi connectivity index (χ2v) is 8.84.